The second-order valence-electron chi connectivity index (χ2n) is 5.48. The van der Waals surface area contributed by atoms with Crippen molar-refractivity contribution in [1.29, 1.82) is 0 Å². The minimum atomic E-state index is -0.366. The first-order valence-electron chi connectivity index (χ1n) is 7.72. The summed E-state index contributed by atoms with van der Waals surface area (Å²) < 4.78 is 6.84. The lowest BCUT2D eigenvalue weighted by molar-refractivity contribution is -0.127. The smallest absolute Gasteiger partial charge is 0.326 e. The molecule has 0 aliphatic carbocycles. The van der Waals surface area contributed by atoms with E-state index in [1.807, 2.05) is 6.92 Å². The van der Waals surface area contributed by atoms with Gasteiger partial charge < -0.3 is 19.9 Å². The highest BCUT2D eigenvalue weighted by molar-refractivity contribution is 5.99. The van der Waals surface area contributed by atoms with Crippen LogP contribution in [0.4, 0.5) is 0 Å². The molecule has 0 saturated carbocycles. The molecule has 2 aromatic rings. The van der Waals surface area contributed by atoms with Crippen molar-refractivity contribution in [3.05, 3.63) is 34.2 Å². The van der Waals surface area contributed by atoms with Gasteiger partial charge in [0.15, 0.2) is 0 Å². The fourth-order valence-electron chi connectivity index (χ4n) is 2.24. The Kier molecular flexibility index (Phi) is 5.75. The zero-order valence-corrected chi connectivity index (χ0v) is 14.1. The van der Waals surface area contributed by atoms with Crippen LogP contribution in [0.1, 0.15) is 17.3 Å². The Labute approximate surface area is 139 Å². The van der Waals surface area contributed by atoms with Crippen LogP contribution in [0.5, 0.6) is 0 Å². The van der Waals surface area contributed by atoms with Crippen molar-refractivity contribution in [2.75, 3.05) is 33.9 Å². The molecule has 2 N–H and O–H groups in total. The molecule has 0 aliphatic rings. The van der Waals surface area contributed by atoms with E-state index >= 15 is 0 Å². The lowest BCUT2D eigenvalue weighted by Gasteiger charge is -2.11. The summed E-state index contributed by atoms with van der Waals surface area (Å²) in [5.41, 5.74) is 1.42. The molecule has 0 bridgehead atoms. The average molecular weight is 334 g/mol. The van der Waals surface area contributed by atoms with Crippen LogP contribution in [-0.4, -0.2) is 60.1 Å². The molecule has 8 heteroatoms. The molecule has 1 aromatic carbocycles. The van der Waals surface area contributed by atoms with Gasteiger partial charge in [-0.1, -0.05) is 0 Å². The maximum atomic E-state index is 12.1. The van der Waals surface area contributed by atoms with Gasteiger partial charge in [0, 0.05) is 26.3 Å². The largest absolute Gasteiger partial charge is 0.380 e. The molecular formula is C16H22N4O4. The molecule has 8 nitrogen and oxygen atoms in total. The molecule has 130 valence electrons. The van der Waals surface area contributed by atoms with Crippen molar-refractivity contribution in [3.63, 3.8) is 0 Å². The number of hydrogen-bond acceptors (Lipinski definition) is 4. The number of nitrogens with zero attached hydrogens (tertiary/aromatic N) is 2. The van der Waals surface area contributed by atoms with Gasteiger partial charge in [0.1, 0.15) is 0 Å². The van der Waals surface area contributed by atoms with Crippen LogP contribution in [0, 0.1) is 0 Å². The lowest BCUT2D eigenvalue weighted by atomic mass is 10.2. The van der Waals surface area contributed by atoms with E-state index in [4.69, 9.17) is 4.74 Å². The van der Waals surface area contributed by atoms with Crippen LogP contribution < -0.4 is 11.0 Å². The van der Waals surface area contributed by atoms with Crippen molar-refractivity contribution in [2.45, 2.75) is 13.5 Å². The molecule has 0 atom stereocenters. The minimum absolute atomic E-state index is 0.0737. The zero-order chi connectivity index (χ0) is 17.7. The number of aromatic nitrogens is 2. The third-order valence-corrected chi connectivity index (χ3v) is 3.60. The molecule has 0 saturated heterocycles. The summed E-state index contributed by atoms with van der Waals surface area (Å²) >= 11 is 0. The molecule has 2 amide bonds. The van der Waals surface area contributed by atoms with Gasteiger partial charge in [0.05, 0.1) is 30.7 Å². The van der Waals surface area contributed by atoms with Gasteiger partial charge in [-0.05, 0) is 25.1 Å². The molecule has 1 heterocycles. The van der Waals surface area contributed by atoms with Crippen molar-refractivity contribution in [2.24, 2.45) is 0 Å². The van der Waals surface area contributed by atoms with E-state index in [2.05, 4.69) is 10.3 Å². The van der Waals surface area contributed by atoms with Crippen LogP contribution >= 0.6 is 0 Å². The standard InChI is InChI=1S/C16H22N4O4/c1-4-24-8-7-20-13-6-5-11(9-12(13)18-16(20)23)15(22)17-10-14(21)19(2)3/h5-6,9H,4,7-8,10H2,1-3H3,(H,17,22)(H,18,23). The number of benzene rings is 1. The second kappa shape index (κ2) is 7.78. The van der Waals surface area contributed by atoms with E-state index < -0.39 is 0 Å². The van der Waals surface area contributed by atoms with Gasteiger partial charge in [-0.2, -0.15) is 0 Å². The van der Waals surface area contributed by atoms with Crippen molar-refractivity contribution < 1.29 is 14.3 Å². The highest BCUT2D eigenvalue weighted by Crippen LogP contribution is 2.13. The number of imidazole rings is 1. The maximum absolute atomic E-state index is 12.1. The summed E-state index contributed by atoms with van der Waals surface area (Å²) in [6, 6.07) is 4.94. The first kappa shape index (κ1) is 17.7. The number of carbonyl (C=O) groups excluding carboxylic acids is 2. The molecule has 1 aromatic heterocycles. The second-order valence-corrected chi connectivity index (χ2v) is 5.48. The van der Waals surface area contributed by atoms with Crippen molar-refractivity contribution >= 4 is 22.8 Å². The number of nitrogens with one attached hydrogen (secondary N) is 2. The SMILES string of the molecule is CCOCCn1c(=O)[nH]c2cc(C(=O)NCC(=O)N(C)C)ccc21. The van der Waals surface area contributed by atoms with E-state index in [0.717, 1.165) is 0 Å². The number of hydrogen-bond donors (Lipinski definition) is 2. The average Bonchev–Trinajstić information content (AvgIpc) is 2.87. The van der Waals surface area contributed by atoms with E-state index in [0.29, 0.717) is 36.4 Å². The topological polar surface area (TPSA) is 96.4 Å². The van der Waals surface area contributed by atoms with Gasteiger partial charge in [0.25, 0.3) is 5.91 Å². The highest BCUT2D eigenvalue weighted by Gasteiger charge is 2.12. The quantitative estimate of drug-likeness (QED) is 0.706. The van der Waals surface area contributed by atoms with Gasteiger partial charge in [-0.25, -0.2) is 4.79 Å². The van der Waals surface area contributed by atoms with Crippen LogP contribution in [0.3, 0.4) is 0 Å². The molecule has 0 radical (unpaired) electrons. The summed E-state index contributed by atoms with van der Waals surface area (Å²) in [6.07, 6.45) is 0. The van der Waals surface area contributed by atoms with Gasteiger partial charge >= 0.3 is 5.69 Å². The summed E-state index contributed by atoms with van der Waals surface area (Å²) in [6.45, 7) is 3.29. The molecular weight excluding hydrogens is 312 g/mol. The molecule has 0 aliphatic heterocycles. The Morgan fingerprint density at radius 3 is 2.75 bits per heavy atom. The van der Waals surface area contributed by atoms with E-state index in [1.54, 1.807) is 36.9 Å². The fourth-order valence-corrected chi connectivity index (χ4v) is 2.24. The van der Waals surface area contributed by atoms with Gasteiger partial charge in [-0.3, -0.25) is 14.2 Å². The molecule has 0 fully saturated rings. The monoisotopic (exact) mass is 334 g/mol. The van der Waals surface area contributed by atoms with Crippen molar-refractivity contribution in [3.8, 4) is 0 Å². The summed E-state index contributed by atoms with van der Waals surface area (Å²) in [5, 5.41) is 2.56. The van der Waals surface area contributed by atoms with Crippen LogP contribution in [-0.2, 0) is 16.1 Å². The summed E-state index contributed by atoms with van der Waals surface area (Å²) in [5.74, 6) is -0.560. The number of carbonyl (C=O) groups is 2. The Morgan fingerprint density at radius 2 is 2.08 bits per heavy atom. The Balaban J connectivity index is 2.15. The zero-order valence-electron chi connectivity index (χ0n) is 14.1. The number of H-pyrrole nitrogens is 1. The van der Waals surface area contributed by atoms with Crippen LogP contribution in [0.25, 0.3) is 11.0 Å². The molecule has 24 heavy (non-hydrogen) atoms. The number of ether oxygens (including phenoxy) is 1. The number of likely N-dealkylation sites (N-methyl/N-ethyl adjacent to an activating group) is 1. The predicted octanol–water partition coefficient (Wildman–Crippen LogP) is 0.184. The maximum Gasteiger partial charge on any atom is 0.326 e. The first-order valence-corrected chi connectivity index (χ1v) is 7.72. The molecule has 2 rings (SSSR count). The first-order chi connectivity index (χ1) is 11.4. The predicted molar refractivity (Wildman–Crippen MR) is 90.1 cm³/mol. The lowest BCUT2D eigenvalue weighted by Crippen LogP contribution is -2.36. The van der Waals surface area contributed by atoms with Gasteiger partial charge in [0.2, 0.25) is 5.91 Å². The Morgan fingerprint density at radius 1 is 1.33 bits per heavy atom. The number of rotatable bonds is 7. The van der Waals surface area contributed by atoms with Gasteiger partial charge in [-0.15, -0.1) is 0 Å². The molecule has 0 unspecified atom stereocenters. The Bertz CT molecular complexity index is 791. The number of amides is 2. The van der Waals surface area contributed by atoms with Crippen molar-refractivity contribution in [1.82, 2.24) is 19.8 Å². The third-order valence-electron chi connectivity index (χ3n) is 3.60. The minimum Gasteiger partial charge on any atom is -0.380 e. The molecule has 0 spiro atoms. The van der Waals surface area contributed by atoms with Crippen LogP contribution in [0.15, 0.2) is 23.0 Å². The fraction of sp³-hybridized carbons (Fsp3) is 0.438. The summed E-state index contributed by atoms with van der Waals surface area (Å²) in [4.78, 5) is 39.8. The number of fused-ring (bicyclic) bond motifs is 1. The summed E-state index contributed by atoms with van der Waals surface area (Å²) in [7, 11) is 3.24. The highest BCUT2D eigenvalue weighted by atomic mass is 16.5. The third kappa shape index (κ3) is 4.02. The van der Waals surface area contributed by atoms with E-state index in [9.17, 15) is 14.4 Å². The van der Waals surface area contributed by atoms with Crippen LogP contribution in [0.2, 0.25) is 0 Å². The van der Waals surface area contributed by atoms with E-state index in [-0.39, 0.29) is 24.0 Å². The normalized spacial score (nSPS) is 10.8. The number of aromatic amines is 1. The Hall–Kier alpha value is -2.61. The van der Waals surface area contributed by atoms with E-state index in [1.165, 1.54) is 4.90 Å².